The highest BCUT2D eigenvalue weighted by atomic mass is 16.5. The molecule has 0 aliphatic heterocycles. The van der Waals surface area contributed by atoms with Gasteiger partial charge >= 0.3 is 0 Å². The van der Waals surface area contributed by atoms with Crippen LogP contribution in [0.2, 0.25) is 0 Å². The molecular formula is C8H16O3. The first-order valence-corrected chi connectivity index (χ1v) is 3.83. The van der Waals surface area contributed by atoms with Gasteiger partial charge in [0.15, 0.2) is 5.78 Å². The summed E-state index contributed by atoms with van der Waals surface area (Å²) in [7, 11) is 1.61. The fourth-order valence-corrected chi connectivity index (χ4v) is 0.620. The van der Waals surface area contributed by atoms with Crippen molar-refractivity contribution >= 4 is 5.78 Å². The summed E-state index contributed by atoms with van der Waals surface area (Å²) in [6.07, 6.45) is 0.551. The molecule has 0 saturated heterocycles. The van der Waals surface area contributed by atoms with E-state index in [1.807, 2.05) is 13.8 Å². The Kier molecular flexibility index (Phi) is 6.07. The average molecular weight is 160 g/mol. The van der Waals surface area contributed by atoms with Crippen LogP contribution in [-0.2, 0) is 14.3 Å². The zero-order chi connectivity index (χ0) is 8.69. The summed E-state index contributed by atoms with van der Waals surface area (Å²) in [6.45, 7) is 4.46. The second-order valence-electron chi connectivity index (χ2n) is 2.47. The monoisotopic (exact) mass is 160 g/mol. The molecule has 0 aliphatic carbocycles. The maximum Gasteiger partial charge on any atom is 0.158 e. The molecule has 0 aromatic rings. The van der Waals surface area contributed by atoms with E-state index in [1.54, 1.807) is 7.11 Å². The topological polar surface area (TPSA) is 35.5 Å². The first-order chi connectivity index (χ1) is 5.20. The fraction of sp³-hybridized carbons (Fsp3) is 0.875. The average Bonchev–Trinajstić information content (AvgIpc) is 2.01. The number of ether oxygens (including phenoxy) is 2. The Labute approximate surface area is 67.7 Å². The molecule has 0 spiro atoms. The summed E-state index contributed by atoms with van der Waals surface area (Å²) in [5.74, 6) is 0.132. The van der Waals surface area contributed by atoms with Crippen LogP contribution in [0, 0.1) is 0 Å². The molecular weight excluding hydrogens is 144 g/mol. The summed E-state index contributed by atoms with van der Waals surface area (Å²) in [5, 5.41) is 0. The molecule has 0 radical (unpaired) electrons. The molecule has 0 N–H and O–H groups in total. The number of rotatable bonds is 6. The van der Waals surface area contributed by atoms with Gasteiger partial charge in [-0.25, -0.2) is 0 Å². The van der Waals surface area contributed by atoms with E-state index in [4.69, 9.17) is 9.47 Å². The predicted octanol–water partition coefficient (Wildman–Crippen LogP) is 1.02. The Morgan fingerprint density at radius 1 is 1.55 bits per heavy atom. The fourth-order valence-electron chi connectivity index (χ4n) is 0.620. The number of ketones is 1. The maximum absolute atomic E-state index is 10.8. The van der Waals surface area contributed by atoms with Crippen molar-refractivity contribution in [2.24, 2.45) is 0 Å². The second-order valence-corrected chi connectivity index (χ2v) is 2.47. The van der Waals surface area contributed by atoms with Gasteiger partial charge in [-0.05, 0) is 6.92 Å². The van der Waals surface area contributed by atoms with Crippen molar-refractivity contribution in [2.75, 3.05) is 20.3 Å². The van der Waals surface area contributed by atoms with Crippen molar-refractivity contribution in [3.05, 3.63) is 0 Å². The summed E-state index contributed by atoms with van der Waals surface area (Å²) < 4.78 is 9.99. The number of hydrogen-bond acceptors (Lipinski definition) is 3. The second kappa shape index (κ2) is 6.31. The van der Waals surface area contributed by atoms with E-state index < -0.39 is 0 Å². The third kappa shape index (κ3) is 6.01. The Morgan fingerprint density at radius 3 is 2.64 bits per heavy atom. The molecule has 0 fully saturated rings. The molecule has 11 heavy (non-hydrogen) atoms. The molecule has 3 nitrogen and oxygen atoms in total. The van der Waals surface area contributed by atoms with Crippen molar-refractivity contribution in [1.29, 1.82) is 0 Å². The normalized spacial score (nSPS) is 13.0. The van der Waals surface area contributed by atoms with Gasteiger partial charge in [0.25, 0.3) is 0 Å². The van der Waals surface area contributed by atoms with E-state index in [0.29, 0.717) is 13.0 Å². The Balaban J connectivity index is 3.29. The third-order valence-electron chi connectivity index (χ3n) is 1.32. The van der Waals surface area contributed by atoms with Crippen LogP contribution < -0.4 is 0 Å². The van der Waals surface area contributed by atoms with Crippen molar-refractivity contribution < 1.29 is 14.3 Å². The lowest BCUT2D eigenvalue weighted by Crippen LogP contribution is -2.19. The van der Waals surface area contributed by atoms with E-state index in [1.165, 1.54) is 0 Å². The van der Waals surface area contributed by atoms with E-state index in [0.717, 1.165) is 0 Å². The van der Waals surface area contributed by atoms with Gasteiger partial charge in [0.1, 0.15) is 6.61 Å². The highest BCUT2D eigenvalue weighted by Gasteiger charge is 2.03. The lowest BCUT2D eigenvalue weighted by Gasteiger charge is -2.10. The lowest BCUT2D eigenvalue weighted by atomic mass is 10.3. The SMILES string of the molecule is CCC(=O)COC(C)COC. The van der Waals surface area contributed by atoms with Gasteiger partial charge in [-0.2, -0.15) is 0 Å². The summed E-state index contributed by atoms with van der Waals surface area (Å²) in [4.78, 5) is 10.8. The van der Waals surface area contributed by atoms with Crippen molar-refractivity contribution in [3.63, 3.8) is 0 Å². The molecule has 1 unspecified atom stereocenters. The minimum atomic E-state index is 0.00972. The molecule has 0 saturated carbocycles. The maximum atomic E-state index is 10.8. The molecule has 0 aromatic heterocycles. The van der Waals surface area contributed by atoms with Crippen LogP contribution >= 0.6 is 0 Å². The number of methoxy groups -OCH3 is 1. The zero-order valence-corrected chi connectivity index (χ0v) is 7.42. The van der Waals surface area contributed by atoms with Crippen LogP contribution in [-0.4, -0.2) is 32.2 Å². The lowest BCUT2D eigenvalue weighted by molar-refractivity contribution is -0.125. The number of carbonyl (C=O) groups excluding carboxylic acids is 1. The van der Waals surface area contributed by atoms with Crippen LogP contribution in [0.1, 0.15) is 20.3 Å². The summed E-state index contributed by atoms with van der Waals surface area (Å²) in [5.41, 5.74) is 0. The van der Waals surface area contributed by atoms with Crippen molar-refractivity contribution in [1.82, 2.24) is 0 Å². The minimum absolute atomic E-state index is 0.00972. The molecule has 0 aromatic carbocycles. The Bertz CT molecular complexity index is 112. The molecule has 3 heteroatoms. The van der Waals surface area contributed by atoms with Crippen molar-refractivity contribution in [3.8, 4) is 0 Å². The van der Waals surface area contributed by atoms with Crippen LogP contribution in [0.5, 0.6) is 0 Å². The first kappa shape index (κ1) is 10.6. The van der Waals surface area contributed by atoms with Gasteiger partial charge in [0.05, 0.1) is 12.7 Å². The van der Waals surface area contributed by atoms with Crippen LogP contribution in [0.25, 0.3) is 0 Å². The molecule has 0 bridgehead atoms. The Hall–Kier alpha value is -0.410. The van der Waals surface area contributed by atoms with E-state index in [2.05, 4.69) is 0 Å². The predicted molar refractivity (Wildman–Crippen MR) is 42.6 cm³/mol. The third-order valence-corrected chi connectivity index (χ3v) is 1.32. The van der Waals surface area contributed by atoms with Gasteiger partial charge in [0.2, 0.25) is 0 Å². The standard InChI is InChI=1S/C8H16O3/c1-4-8(9)6-11-7(2)5-10-3/h7H,4-6H2,1-3H3. The highest BCUT2D eigenvalue weighted by Crippen LogP contribution is 1.92. The van der Waals surface area contributed by atoms with Crippen LogP contribution in [0.15, 0.2) is 0 Å². The van der Waals surface area contributed by atoms with Crippen LogP contribution in [0.4, 0.5) is 0 Å². The van der Waals surface area contributed by atoms with E-state index >= 15 is 0 Å². The number of carbonyl (C=O) groups is 1. The van der Waals surface area contributed by atoms with E-state index in [9.17, 15) is 4.79 Å². The number of hydrogen-bond donors (Lipinski definition) is 0. The number of Topliss-reactive ketones (excluding diaryl/α,β-unsaturated/α-hetero) is 1. The quantitative estimate of drug-likeness (QED) is 0.582. The van der Waals surface area contributed by atoms with Crippen molar-refractivity contribution in [2.45, 2.75) is 26.4 Å². The molecule has 0 rings (SSSR count). The molecule has 0 aliphatic rings. The first-order valence-electron chi connectivity index (χ1n) is 3.83. The highest BCUT2D eigenvalue weighted by molar-refractivity contribution is 5.79. The smallest absolute Gasteiger partial charge is 0.158 e. The van der Waals surface area contributed by atoms with Gasteiger partial charge in [-0.3, -0.25) is 4.79 Å². The van der Waals surface area contributed by atoms with Gasteiger partial charge in [-0.15, -0.1) is 0 Å². The Morgan fingerprint density at radius 2 is 2.18 bits per heavy atom. The van der Waals surface area contributed by atoms with E-state index in [-0.39, 0.29) is 18.5 Å². The minimum Gasteiger partial charge on any atom is -0.382 e. The van der Waals surface area contributed by atoms with Crippen LogP contribution in [0.3, 0.4) is 0 Å². The summed E-state index contributed by atoms with van der Waals surface area (Å²) >= 11 is 0. The molecule has 0 heterocycles. The van der Waals surface area contributed by atoms with Gasteiger partial charge in [0, 0.05) is 13.5 Å². The zero-order valence-electron chi connectivity index (χ0n) is 7.42. The largest absolute Gasteiger partial charge is 0.382 e. The molecule has 66 valence electrons. The molecule has 0 amide bonds. The van der Waals surface area contributed by atoms with Gasteiger partial charge < -0.3 is 9.47 Å². The summed E-state index contributed by atoms with van der Waals surface area (Å²) in [6, 6.07) is 0. The molecule has 1 atom stereocenters. The van der Waals surface area contributed by atoms with Gasteiger partial charge in [-0.1, -0.05) is 6.92 Å².